The van der Waals surface area contributed by atoms with Gasteiger partial charge >= 0.3 is 11.9 Å². The normalized spacial score (nSPS) is 10.6. The van der Waals surface area contributed by atoms with E-state index >= 15 is 0 Å². The monoisotopic (exact) mass is 425 g/mol. The Morgan fingerprint density at radius 3 is 2.24 bits per heavy atom. The molecule has 2 aromatic rings. The fourth-order valence-corrected chi connectivity index (χ4v) is 2.93. The van der Waals surface area contributed by atoms with Crippen LogP contribution in [0.4, 0.5) is 5.88 Å². The van der Waals surface area contributed by atoms with E-state index in [1.54, 1.807) is 20.9 Å². The Bertz CT molecular complexity index is 990. The lowest BCUT2D eigenvalue weighted by Gasteiger charge is -2.07. The van der Waals surface area contributed by atoms with E-state index in [2.05, 4.69) is 10.4 Å². The summed E-state index contributed by atoms with van der Waals surface area (Å²) in [6.45, 7) is 5.29. The molecule has 0 saturated carbocycles. The number of aryl methyl sites for hydroxylation is 3. The molecule has 1 N–H and O–H groups in total. The number of carbonyl (C=O) groups excluding carboxylic acids is 4. The van der Waals surface area contributed by atoms with E-state index in [-0.39, 0.29) is 40.1 Å². The zero-order valence-electron chi connectivity index (χ0n) is 16.5. The number of nitrogens with zero attached hydrogens (tertiary/aromatic N) is 2. The van der Waals surface area contributed by atoms with Crippen LogP contribution in [0.1, 0.15) is 56.4 Å². The second-order valence-electron chi connectivity index (χ2n) is 6.01. The molecule has 0 aliphatic carbocycles. The number of Topliss-reactive ketones (excluding diaryl/α,β-unsaturated/α-hetero) is 1. The average molecular weight is 426 g/mol. The number of aromatic nitrogens is 2. The summed E-state index contributed by atoms with van der Waals surface area (Å²) in [7, 11) is 1.56. The highest BCUT2D eigenvalue weighted by Crippen LogP contribution is 2.28. The molecule has 2 heterocycles. The van der Waals surface area contributed by atoms with Crippen molar-refractivity contribution < 1.29 is 33.1 Å². The summed E-state index contributed by atoms with van der Waals surface area (Å²) in [4.78, 5) is 48.5. The Morgan fingerprint density at radius 1 is 1.10 bits per heavy atom. The number of nitrogens with one attached hydrogen (secondary N) is 1. The minimum atomic E-state index is -0.832. The number of hydrogen-bond donors (Lipinski definition) is 1. The molecule has 10 nitrogen and oxygen atoms in total. The summed E-state index contributed by atoms with van der Waals surface area (Å²) in [6.07, 6.45) is 0. The maximum atomic E-state index is 12.2. The highest BCUT2D eigenvalue weighted by Gasteiger charge is 2.29. The molecule has 0 saturated heterocycles. The van der Waals surface area contributed by atoms with Crippen LogP contribution >= 0.6 is 11.6 Å². The van der Waals surface area contributed by atoms with Gasteiger partial charge < -0.3 is 13.9 Å². The summed E-state index contributed by atoms with van der Waals surface area (Å²) in [5.74, 6) is -2.98. The van der Waals surface area contributed by atoms with Crippen LogP contribution in [0.5, 0.6) is 0 Å². The van der Waals surface area contributed by atoms with Gasteiger partial charge in [-0.3, -0.25) is 19.6 Å². The smallest absolute Gasteiger partial charge is 0.344 e. The molecule has 0 atom stereocenters. The number of anilines is 1. The molecule has 2 aromatic heterocycles. The van der Waals surface area contributed by atoms with E-state index in [0.29, 0.717) is 5.69 Å². The second kappa shape index (κ2) is 8.91. The van der Waals surface area contributed by atoms with Crippen LogP contribution < -0.4 is 5.32 Å². The summed E-state index contributed by atoms with van der Waals surface area (Å²) in [6, 6.07) is 0. The van der Waals surface area contributed by atoms with Gasteiger partial charge in [0, 0.05) is 7.05 Å². The fraction of sp³-hybridized carbons (Fsp3) is 0.389. The topological polar surface area (TPSA) is 130 Å². The molecular formula is C18H20ClN3O7. The predicted molar refractivity (Wildman–Crippen MR) is 101 cm³/mol. The summed E-state index contributed by atoms with van der Waals surface area (Å²) in [5, 5.41) is 6.38. The van der Waals surface area contributed by atoms with Crippen molar-refractivity contribution in [3.05, 3.63) is 33.3 Å². The molecule has 0 aliphatic rings. The van der Waals surface area contributed by atoms with Gasteiger partial charge in [0.2, 0.25) is 5.88 Å². The zero-order valence-corrected chi connectivity index (χ0v) is 17.3. The van der Waals surface area contributed by atoms with Crippen molar-refractivity contribution in [2.24, 2.45) is 7.05 Å². The number of ketones is 1. The van der Waals surface area contributed by atoms with Crippen LogP contribution in [-0.2, 0) is 21.3 Å². The Kier molecular flexibility index (Phi) is 6.80. The summed E-state index contributed by atoms with van der Waals surface area (Å²) in [5.41, 5.74) is 0.207. The predicted octanol–water partition coefficient (Wildman–Crippen LogP) is 2.46. The SMILES string of the molecule is CCOC(=O)c1c(NC(=O)COC(=O)c2c(C)nn(C)c2Cl)oc(C)c1C(C)=O. The molecule has 0 aliphatic heterocycles. The van der Waals surface area contributed by atoms with Gasteiger partial charge in [-0.1, -0.05) is 11.6 Å². The molecule has 0 fully saturated rings. The first-order valence-corrected chi connectivity index (χ1v) is 8.93. The number of hydrogen-bond acceptors (Lipinski definition) is 8. The molecular weight excluding hydrogens is 406 g/mol. The number of esters is 2. The maximum absolute atomic E-state index is 12.2. The largest absolute Gasteiger partial charge is 0.462 e. The lowest BCUT2D eigenvalue weighted by molar-refractivity contribution is -0.119. The quantitative estimate of drug-likeness (QED) is 0.528. The lowest BCUT2D eigenvalue weighted by atomic mass is 10.1. The molecule has 156 valence electrons. The van der Waals surface area contributed by atoms with E-state index in [1.165, 1.54) is 18.5 Å². The number of carbonyl (C=O) groups is 4. The van der Waals surface area contributed by atoms with Gasteiger partial charge in [-0.05, 0) is 27.7 Å². The number of amides is 1. The second-order valence-corrected chi connectivity index (χ2v) is 6.37. The molecule has 0 bridgehead atoms. The lowest BCUT2D eigenvalue weighted by Crippen LogP contribution is -2.22. The third-order valence-electron chi connectivity index (χ3n) is 3.86. The maximum Gasteiger partial charge on any atom is 0.344 e. The average Bonchev–Trinajstić information content (AvgIpc) is 3.08. The van der Waals surface area contributed by atoms with Crippen molar-refractivity contribution in [1.82, 2.24) is 9.78 Å². The first kappa shape index (κ1) is 22.2. The van der Waals surface area contributed by atoms with Gasteiger partial charge in [-0.25, -0.2) is 9.59 Å². The van der Waals surface area contributed by atoms with E-state index in [9.17, 15) is 19.2 Å². The van der Waals surface area contributed by atoms with E-state index < -0.39 is 30.2 Å². The Labute approximate surface area is 171 Å². The Balaban J connectivity index is 2.16. The fourth-order valence-electron chi connectivity index (χ4n) is 2.68. The molecule has 2 rings (SSSR count). The molecule has 0 aromatic carbocycles. The van der Waals surface area contributed by atoms with Gasteiger partial charge in [-0.2, -0.15) is 5.10 Å². The highest BCUT2D eigenvalue weighted by molar-refractivity contribution is 6.32. The Hall–Kier alpha value is -3.14. The zero-order chi connectivity index (χ0) is 21.9. The third kappa shape index (κ3) is 4.65. The standard InChI is InChI=1S/C18H20ClN3O7/c1-6-27-18(26)14-13(9(3)23)10(4)29-16(14)20-11(24)7-28-17(25)12-8(2)21-22(5)15(12)19/h6-7H2,1-5H3,(H,20,24). The molecule has 0 spiro atoms. The molecule has 1 amide bonds. The third-order valence-corrected chi connectivity index (χ3v) is 4.29. The van der Waals surface area contributed by atoms with Crippen LogP contribution in [0.2, 0.25) is 5.15 Å². The Morgan fingerprint density at radius 2 is 1.72 bits per heavy atom. The van der Waals surface area contributed by atoms with Crippen molar-refractivity contribution in [2.45, 2.75) is 27.7 Å². The summed E-state index contributed by atoms with van der Waals surface area (Å²) >= 11 is 5.99. The van der Waals surface area contributed by atoms with Crippen molar-refractivity contribution in [1.29, 1.82) is 0 Å². The highest BCUT2D eigenvalue weighted by atomic mass is 35.5. The van der Waals surface area contributed by atoms with Gasteiger partial charge in [-0.15, -0.1) is 0 Å². The first-order chi connectivity index (χ1) is 13.6. The van der Waals surface area contributed by atoms with Gasteiger partial charge in [0.1, 0.15) is 22.0 Å². The first-order valence-electron chi connectivity index (χ1n) is 8.55. The minimum absolute atomic E-state index is 0.00788. The summed E-state index contributed by atoms with van der Waals surface area (Å²) < 4.78 is 16.5. The van der Waals surface area contributed by atoms with Crippen molar-refractivity contribution >= 4 is 41.1 Å². The number of rotatable bonds is 7. The number of halogens is 1. The minimum Gasteiger partial charge on any atom is -0.462 e. The van der Waals surface area contributed by atoms with Gasteiger partial charge in [0.25, 0.3) is 5.91 Å². The van der Waals surface area contributed by atoms with Gasteiger partial charge in [0.15, 0.2) is 12.4 Å². The number of furan rings is 1. The number of ether oxygens (including phenoxy) is 2. The molecule has 0 radical (unpaired) electrons. The van der Waals surface area contributed by atoms with Crippen molar-refractivity contribution in [2.75, 3.05) is 18.5 Å². The van der Waals surface area contributed by atoms with Crippen LogP contribution in [-0.4, -0.2) is 46.6 Å². The van der Waals surface area contributed by atoms with E-state index in [0.717, 1.165) is 0 Å². The van der Waals surface area contributed by atoms with Crippen LogP contribution in [0.15, 0.2) is 4.42 Å². The van der Waals surface area contributed by atoms with Crippen molar-refractivity contribution in [3.8, 4) is 0 Å². The van der Waals surface area contributed by atoms with Gasteiger partial charge in [0.05, 0.1) is 17.9 Å². The van der Waals surface area contributed by atoms with E-state index in [1.807, 2.05) is 0 Å². The molecule has 29 heavy (non-hydrogen) atoms. The molecule has 0 unspecified atom stereocenters. The van der Waals surface area contributed by atoms with Crippen LogP contribution in [0.25, 0.3) is 0 Å². The van der Waals surface area contributed by atoms with Crippen LogP contribution in [0, 0.1) is 13.8 Å². The molecule has 11 heteroatoms. The van der Waals surface area contributed by atoms with Crippen LogP contribution in [0.3, 0.4) is 0 Å². The van der Waals surface area contributed by atoms with Crippen molar-refractivity contribution in [3.63, 3.8) is 0 Å². The van der Waals surface area contributed by atoms with E-state index in [4.69, 9.17) is 25.5 Å².